The summed E-state index contributed by atoms with van der Waals surface area (Å²) in [5.74, 6) is 2.59. The number of carbonyl (C=O) groups is 1. The molecular formula is C15H20N5O14P3. The fourth-order valence-electron chi connectivity index (χ4n) is 3.36. The molecule has 0 aromatic carbocycles. The Bertz CT molecular complexity index is 1400. The smallest absolute Gasteiger partial charge is 0.387 e. The molecule has 2 aromatic rings. The molecule has 3 rings (SSSR count). The summed E-state index contributed by atoms with van der Waals surface area (Å²) < 4.78 is 52.7. The summed E-state index contributed by atoms with van der Waals surface area (Å²) in [7, 11) is -16.9. The molecule has 1 aliphatic heterocycles. The van der Waals surface area contributed by atoms with Gasteiger partial charge in [0.25, 0.3) is 0 Å². The molecule has 204 valence electrons. The van der Waals surface area contributed by atoms with Gasteiger partial charge >= 0.3 is 23.5 Å². The van der Waals surface area contributed by atoms with Crippen LogP contribution in [0.15, 0.2) is 12.5 Å². The molecule has 37 heavy (non-hydrogen) atoms. The molecule has 2 unspecified atom stereocenters. The lowest BCUT2D eigenvalue weighted by atomic mass is 9.96. The summed E-state index contributed by atoms with van der Waals surface area (Å²) in [5, 5.41) is 23.9. The predicted molar refractivity (Wildman–Crippen MR) is 118 cm³/mol. The highest BCUT2D eigenvalue weighted by Gasteiger charge is 2.54. The number of aliphatic hydroxyl groups is 2. The highest BCUT2D eigenvalue weighted by molar-refractivity contribution is 7.66. The second-order valence-corrected chi connectivity index (χ2v) is 11.9. The van der Waals surface area contributed by atoms with Crippen molar-refractivity contribution in [2.24, 2.45) is 0 Å². The van der Waals surface area contributed by atoms with Gasteiger partial charge in [-0.05, 0) is 12.8 Å². The molecule has 0 radical (unpaired) electrons. The number of ether oxygens (including phenoxy) is 1. The highest BCUT2D eigenvalue weighted by atomic mass is 31.3. The number of amides is 1. The summed E-state index contributed by atoms with van der Waals surface area (Å²) in [6, 6.07) is 2.34. The second kappa shape index (κ2) is 10.5. The third-order valence-electron chi connectivity index (χ3n) is 4.79. The van der Waals surface area contributed by atoms with Gasteiger partial charge in [0.1, 0.15) is 35.6 Å². The molecule has 3 heterocycles. The zero-order valence-electron chi connectivity index (χ0n) is 18.4. The van der Waals surface area contributed by atoms with Crippen molar-refractivity contribution in [2.75, 3.05) is 12.3 Å². The zero-order valence-corrected chi connectivity index (χ0v) is 21.1. The first-order chi connectivity index (χ1) is 17.0. The number of anilines is 1. The largest absolute Gasteiger partial charge is 0.490 e. The number of nitrogens with zero attached hydrogens (tertiary/aromatic N) is 3. The van der Waals surface area contributed by atoms with Crippen molar-refractivity contribution in [3.63, 3.8) is 0 Å². The maximum absolute atomic E-state index is 12.0. The topological polar surface area (TPSA) is 295 Å². The van der Waals surface area contributed by atoms with Crippen LogP contribution in [0.2, 0.25) is 0 Å². The molecule has 1 saturated heterocycles. The Balaban J connectivity index is 1.86. The Morgan fingerprint density at radius 2 is 1.92 bits per heavy atom. The number of carbonyl (C=O) groups excluding carboxylic acids is 1. The molecule has 1 amide bonds. The second-order valence-electron chi connectivity index (χ2n) is 7.50. The van der Waals surface area contributed by atoms with Gasteiger partial charge in [-0.1, -0.05) is 0 Å². The van der Waals surface area contributed by atoms with Crippen LogP contribution in [0.5, 0.6) is 0 Å². The standard InChI is InChI=1S/C15H20N5O14P3/c1-15(23)11(22)9(5-31-36(27,28)34-37(29,30)33-35(24,25)26)32-14(15)20-4-8(2-3-17-7-21)10-12(16)18-6-19-13(10)20/h4,6-7,9,11,14,22-23H,5H2,1H3,(H,17,21)(H,27,28)(H,29,30)(H2,16,18,19)(H2,24,25,26)/t9-,11-,14-,15-/m1/s1. The number of nitrogens with two attached hydrogens (primary N) is 1. The van der Waals surface area contributed by atoms with Crippen molar-refractivity contribution in [3.8, 4) is 12.0 Å². The maximum atomic E-state index is 12.0. The average molecular weight is 587 g/mol. The minimum atomic E-state index is -5.76. The third kappa shape index (κ3) is 6.79. The van der Waals surface area contributed by atoms with E-state index in [1.54, 1.807) is 0 Å². The molecule has 6 atom stereocenters. The summed E-state index contributed by atoms with van der Waals surface area (Å²) in [6.45, 7) is 0.132. The van der Waals surface area contributed by atoms with E-state index in [1.165, 1.54) is 10.8 Å². The van der Waals surface area contributed by atoms with Crippen LogP contribution >= 0.6 is 23.5 Å². The van der Waals surface area contributed by atoms with Crippen LogP contribution in [0, 0.1) is 12.0 Å². The summed E-state index contributed by atoms with van der Waals surface area (Å²) in [5.41, 5.74) is 4.09. The molecular weight excluding hydrogens is 567 g/mol. The average Bonchev–Trinajstić information content (AvgIpc) is 3.20. The number of aromatic nitrogens is 3. The number of hydrogen-bond donors (Lipinski definition) is 8. The Morgan fingerprint density at radius 3 is 2.54 bits per heavy atom. The molecule has 1 fully saturated rings. The molecule has 1 aliphatic rings. The van der Waals surface area contributed by atoms with Crippen LogP contribution in [-0.2, 0) is 36.4 Å². The number of phosphoric acid groups is 3. The van der Waals surface area contributed by atoms with E-state index < -0.39 is 54.1 Å². The lowest BCUT2D eigenvalue weighted by Gasteiger charge is -2.27. The van der Waals surface area contributed by atoms with Crippen molar-refractivity contribution in [1.29, 1.82) is 0 Å². The summed E-state index contributed by atoms with van der Waals surface area (Å²) in [6.07, 6.45) is -2.05. The van der Waals surface area contributed by atoms with E-state index in [0.717, 1.165) is 13.3 Å². The van der Waals surface area contributed by atoms with Crippen molar-refractivity contribution in [3.05, 3.63) is 18.1 Å². The minimum absolute atomic E-state index is 0.0125. The molecule has 0 saturated carbocycles. The van der Waals surface area contributed by atoms with Crippen LogP contribution in [0.4, 0.5) is 5.82 Å². The monoisotopic (exact) mass is 587 g/mol. The first-order valence-electron chi connectivity index (χ1n) is 9.63. The number of nitrogens with one attached hydrogen (secondary N) is 1. The molecule has 0 bridgehead atoms. The first kappa shape index (κ1) is 29.3. The first-order valence-corrected chi connectivity index (χ1v) is 14.1. The van der Waals surface area contributed by atoms with Crippen LogP contribution in [0.1, 0.15) is 18.7 Å². The lowest BCUT2D eigenvalue weighted by Crippen LogP contribution is -2.44. The quantitative estimate of drug-likeness (QED) is 0.0710. The van der Waals surface area contributed by atoms with Gasteiger partial charge < -0.3 is 44.8 Å². The molecule has 9 N–H and O–H groups in total. The fraction of sp³-hybridized carbons (Fsp3) is 0.400. The van der Waals surface area contributed by atoms with Crippen LogP contribution < -0.4 is 11.1 Å². The molecule has 19 nitrogen and oxygen atoms in total. The SMILES string of the molecule is C[C@@]1(O)[C@H](O)[C@@H](COP(=O)(O)OP(=O)(O)OP(=O)(O)O)O[C@H]1n1cc(C#CNC=O)c2c(N)ncnc21. The van der Waals surface area contributed by atoms with E-state index in [9.17, 15) is 38.5 Å². The number of rotatable bonds is 9. The number of aliphatic hydroxyl groups excluding tert-OH is 1. The number of nitrogen functional groups attached to an aromatic ring is 1. The molecule has 0 spiro atoms. The third-order valence-corrected chi connectivity index (χ3v) is 8.59. The molecule has 0 aliphatic carbocycles. The van der Waals surface area contributed by atoms with Crippen LogP contribution in [0.3, 0.4) is 0 Å². The summed E-state index contributed by atoms with van der Waals surface area (Å²) in [4.78, 5) is 54.5. The van der Waals surface area contributed by atoms with Gasteiger partial charge in [-0.3, -0.25) is 14.6 Å². The normalized spacial score (nSPS) is 27.2. The van der Waals surface area contributed by atoms with Gasteiger partial charge in [0.05, 0.1) is 17.6 Å². The number of phosphoric ester groups is 1. The minimum Gasteiger partial charge on any atom is -0.387 e. The van der Waals surface area contributed by atoms with Gasteiger partial charge in [0.2, 0.25) is 6.41 Å². The highest BCUT2D eigenvalue weighted by Crippen LogP contribution is 2.66. The van der Waals surface area contributed by atoms with Gasteiger partial charge in [0, 0.05) is 12.2 Å². The Hall–Kier alpha value is -2.26. The van der Waals surface area contributed by atoms with E-state index in [4.69, 9.17) is 20.3 Å². The predicted octanol–water partition coefficient (Wildman–Crippen LogP) is -1.58. The van der Waals surface area contributed by atoms with Gasteiger partial charge in [-0.2, -0.15) is 8.62 Å². The Labute approximate surface area is 206 Å². The Kier molecular flexibility index (Phi) is 8.30. The van der Waals surface area contributed by atoms with Crippen molar-refractivity contribution in [1.82, 2.24) is 19.9 Å². The number of fused-ring (bicyclic) bond motifs is 1. The van der Waals surface area contributed by atoms with Crippen LogP contribution in [0.25, 0.3) is 11.0 Å². The Morgan fingerprint density at radius 1 is 1.24 bits per heavy atom. The van der Waals surface area contributed by atoms with Crippen molar-refractivity contribution >= 4 is 46.7 Å². The van der Waals surface area contributed by atoms with Crippen LogP contribution in [-0.4, -0.2) is 75.1 Å². The molecule has 2 aromatic heterocycles. The van der Waals surface area contributed by atoms with E-state index >= 15 is 0 Å². The van der Waals surface area contributed by atoms with Gasteiger partial charge in [-0.25, -0.2) is 23.7 Å². The molecule has 22 heteroatoms. The lowest BCUT2D eigenvalue weighted by molar-refractivity contribution is -0.108. The maximum Gasteiger partial charge on any atom is 0.490 e. The van der Waals surface area contributed by atoms with Crippen molar-refractivity contribution in [2.45, 2.75) is 31.0 Å². The van der Waals surface area contributed by atoms with Gasteiger partial charge in [0.15, 0.2) is 6.23 Å². The van der Waals surface area contributed by atoms with E-state index in [2.05, 4.69) is 40.4 Å². The van der Waals surface area contributed by atoms with E-state index in [-0.39, 0.29) is 22.4 Å². The fourth-order valence-corrected chi connectivity index (χ4v) is 6.39. The van der Waals surface area contributed by atoms with E-state index in [0.29, 0.717) is 6.41 Å². The zero-order chi connectivity index (χ0) is 27.8. The van der Waals surface area contributed by atoms with Gasteiger partial charge in [-0.15, -0.1) is 0 Å². The van der Waals surface area contributed by atoms with E-state index in [1.807, 2.05) is 0 Å². The summed E-state index contributed by atoms with van der Waals surface area (Å²) >= 11 is 0. The van der Waals surface area contributed by atoms with Crippen molar-refractivity contribution < 1.29 is 66.2 Å². The number of hydrogen-bond acceptors (Lipinski definition) is 13.